The Bertz CT molecular complexity index is 633. The van der Waals surface area contributed by atoms with Gasteiger partial charge in [0.25, 0.3) is 5.56 Å². The summed E-state index contributed by atoms with van der Waals surface area (Å²) in [6.45, 7) is 7.86. The van der Waals surface area contributed by atoms with Gasteiger partial charge in [-0.2, -0.15) is 0 Å². The zero-order chi connectivity index (χ0) is 14.5. The molecule has 1 aromatic carbocycles. The summed E-state index contributed by atoms with van der Waals surface area (Å²) in [5.41, 5.74) is 0.861. The van der Waals surface area contributed by atoms with Crippen molar-refractivity contribution >= 4 is 10.9 Å². The highest BCUT2D eigenvalue weighted by atomic mass is 16.1. The topological polar surface area (TPSA) is 46.9 Å². The quantitative estimate of drug-likeness (QED) is 0.880. The van der Waals surface area contributed by atoms with Crippen LogP contribution in [0.4, 0.5) is 0 Å². The predicted molar refractivity (Wildman–Crippen MR) is 83.0 cm³/mol. The van der Waals surface area contributed by atoms with E-state index in [1.807, 2.05) is 28.8 Å². The molecule has 1 N–H and O–H groups in total. The van der Waals surface area contributed by atoms with Gasteiger partial charge in [-0.15, -0.1) is 0 Å². The third-order valence-electron chi connectivity index (χ3n) is 3.51. The molecule has 0 aliphatic heterocycles. The van der Waals surface area contributed by atoms with E-state index in [9.17, 15) is 4.79 Å². The largest absolute Gasteiger partial charge is 0.308 e. The van der Waals surface area contributed by atoms with E-state index in [0.29, 0.717) is 11.9 Å². The number of rotatable bonds is 6. The molecular weight excluding hydrogens is 250 g/mol. The maximum Gasteiger partial charge on any atom is 0.261 e. The Morgan fingerprint density at radius 3 is 2.65 bits per heavy atom. The first-order valence-electron chi connectivity index (χ1n) is 7.45. The molecule has 0 aliphatic carbocycles. The molecule has 1 unspecified atom stereocenters. The van der Waals surface area contributed by atoms with Crippen molar-refractivity contribution in [2.75, 3.05) is 6.54 Å². The van der Waals surface area contributed by atoms with Gasteiger partial charge in [-0.3, -0.25) is 9.36 Å². The lowest BCUT2D eigenvalue weighted by Gasteiger charge is -2.20. The molecule has 0 aliphatic rings. The van der Waals surface area contributed by atoms with Gasteiger partial charge in [0.2, 0.25) is 0 Å². The van der Waals surface area contributed by atoms with Gasteiger partial charge >= 0.3 is 0 Å². The molecule has 1 atom stereocenters. The molecule has 4 heteroatoms. The highest BCUT2D eigenvalue weighted by Gasteiger charge is 2.17. The molecule has 0 spiro atoms. The average molecular weight is 273 g/mol. The Hall–Kier alpha value is -1.68. The molecule has 0 bridgehead atoms. The molecule has 108 valence electrons. The van der Waals surface area contributed by atoms with Gasteiger partial charge in [-0.1, -0.05) is 32.9 Å². The average Bonchev–Trinajstić information content (AvgIpc) is 2.48. The van der Waals surface area contributed by atoms with E-state index in [1.54, 1.807) is 0 Å². The summed E-state index contributed by atoms with van der Waals surface area (Å²) in [6, 6.07) is 7.72. The van der Waals surface area contributed by atoms with Crippen LogP contribution in [0.1, 0.15) is 45.5 Å². The molecule has 1 aromatic heterocycles. The van der Waals surface area contributed by atoms with Crippen molar-refractivity contribution in [2.24, 2.45) is 0 Å². The van der Waals surface area contributed by atoms with Crippen molar-refractivity contribution in [1.82, 2.24) is 14.9 Å². The van der Waals surface area contributed by atoms with E-state index >= 15 is 0 Å². The van der Waals surface area contributed by atoms with Crippen molar-refractivity contribution in [2.45, 2.75) is 46.2 Å². The summed E-state index contributed by atoms with van der Waals surface area (Å²) in [6.07, 6.45) is 1.85. The number of aromatic nitrogens is 2. The summed E-state index contributed by atoms with van der Waals surface area (Å²) >= 11 is 0. The van der Waals surface area contributed by atoms with Crippen LogP contribution in [0.2, 0.25) is 0 Å². The lowest BCUT2D eigenvalue weighted by Crippen LogP contribution is -2.32. The number of hydrogen-bond acceptors (Lipinski definition) is 3. The standard InChI is InChI=1S/C16H23N3O/c1-4-11-19-15(13(5-2)17-6-3)18-14-10-8-7-9-12(14)16(19)20/h7-10,13,17H,4-6,11H2,1-3H3. The van der Waals surface area contributed by atoms with E-state index < -0.39 is 0 Å². The predicted octanol–water partition coefficient (Wildman–Crippen LogP) is 2.87. The number of hydrogen-bond donors (Lipinski definition) is 1. The van der Waals surface area contributed by atoms with Crippen molar-refractivity contribution in [3.63, 3.8) is 0 Å². The highest BCUT2D eigenvalue weighted by molar-refractivity contribution is 5.77. The minimum Gasteiger partial charge on any atom is -0.308 e. The van der Waals surface area contributed by atoms with Gasteiger partial charge in [0, 0.05) is 6.54 Å². The summed E-state index contributed by atoms with van der Waals surface area (Å²) in [4.78, 5) is 17.4. The smallest absolute Gasteiger partial charge is 0.261 e. The third kappa shape index (κ3) is 2.75. The maximum atomic E-state index is 12.7. The van der Waals surface area contributed by atoms with Gasteiger partial charge in [-0.05, 0) is 31.5 Å². The second kappa shape index (κ2) is 6.66. The monoisotopic (exact) mass is 273 g/mol. The summed E-state index contributed by atoms with van der Waals surface area (Å²) < 4.78 is 1.83. The SMILES string of the molecule is CCCn1c(C(CC)NCC)nc2ccccc2c1=O. The van der Waals surface area contributed by atoms with Crippen molar-refractivity contribution < 1.29 is 0 Å². The molecule has 0 fully saturated rings. The van der Waals surface area contributed by atoms with Gasteiger partial charge in [0.1, 0.15) is 5.82 Å². The fourth-order valence-corrected chi connectivity index (χ4v) is 2.56. The Morgan fingerprint density at radius 2 is 2.00 bits per heavy atom. The number of fused-ring (bicyclic) bond motifs is 1. The van der Waals surface area contributed by atoms with Gasteiger partial charge in [0.05, 0.1) is 16.9 Å². The van der Waals surface area contributed by atoms with Crippen molar-refractivity contribution in [1.29, 1.82) is 0 Å². The zero-order valence-electron chi connectivity index (χ0n) is 12.5. The van der Waals surface area contributed by atoms with E-state index in [4.69, 9.17) is 4.98 Å². The van der Waals surface area contributed by atoms with Crippen LogP contribution in [0.5, 0.6) is 0 Å². The van der Waals surface area contributed by atoms with Crippen molar-refractivity contribution in [3.05, 3.63) is 40.4 Å². The van der Waals surface area contributed by atoms with Crippen LogP contribution in [0.3, 0.4) is 0 Å². The number of nitrogens with one attached hydrogen (secondary N) is 1. The molecule has 1 heterocycles. The van der Waals surface area contributed by atoms with Gasteiger partial charge < -0.3 is 5.32 Å². The molecule has 2 aromatic rings. The molecular formula is C16H23N3O. The Morgan fingerprint density at radius 1 is 1.25 bits per heavy atom. The van der Waals surface area contributed by atoms with Crippen LogP contribution in [0, 0.1) is 0 Å². The normalized spacial score (nSPS) is 12.8. The Kier molecular flexibility index (Phi) is 4.90. The van der Waals surface area contributed by atoms with E-state index in [-0.39, 0.29) is 11.6 Å². The number of para-hydroxylation sites is 1. The second-order valence-corrected chi connectivity index (χ2v) is 4.96. The van der Waals surface area contributed by atoms with Crippen LogP contribution in [-0.4, -0.2) is 16.1 Å². The number of benzene rings is 1. The van der Waals surface area contributed by atoms with Gasteiger partial charge in [-0.25, -0.2) is 4.98 Å². The van der Waals surface area contributed by atoms with E-state index in [0.717, 1.165) is 30.7 Å². The lowest BCUT2D eigenvalue weighted by molar-refractivity contribution is 0.467. The zero-order valence-corrected chi connectivity index (χ0v) is 12.5. The second-order valence-electron chi connectivity index (χ2n) is 4.96. The minimum atomic E-state index is 0.0730. The lowest BCUT2D eigenvalue weighted by atomic mass is 10.1. The molecule has 20 heavy (non-hydrogen) atoms. The molecule has 2 rings (SSSR count). The van der Waals surface area contributed by atoms with Crippen LogP contribution in [0.15, 0.2) is 29.1 Å². The maximum absolute atomic E-state index is 12.7. The van der Waals surface area contributed by atoms with E-state index in [1.165, 1.54) is 0 Å². The summed E-state index contributed by atoms with van der Waals surface area (Å²) in [5.74, 6) is 0.861. The highest BCUT2D eigenvalue weighted by Crippen LogP contribution is 2.17. The summed E-state index contributed by atoms with van der Waals surface area (Å²) in [7, 11) is 0. The molecule has 0 saturated heterocycles. The number of nitrogens with zero attached hydrogens (tertiary/aromatic N) is 2. The first-order valence-corrected chi connectivity index (χ1v) is 7.45. The molecule has 0 saturated carbocycles. The fraction of sp³-hybridized carbons (Fsp3) is 0.500. The van der Waals surface area contributed by atoms with Crippen molar-refractivity contribution in [3.8, 4) is 0 Å². The molecule has 4 nitrogen and oxygen atoms in total. The summed E-state index contributed by atoms with van der Waals surface area (Å²) in [5, 5.41) is 4.12. The minimum absolute atomic E-state index is 0.0730. The van der Waals surface area contributed by atoms with Crippen LogP contribution in [-0.2, 0) is 6.54 Å². The fourth-order valence-electron chi connectivity index (χ4n) is 2.56. The van der Waals surface area contributed by atoms with Crippen LogP contribution < -0.4 is 10.9 Å². The Balaban J connectivity index is 2.67. The van der Waals surface area contributed by atoms with Crippen LogP contribution >= 0.6 is 0 Å². The first-order chi connectivity index (χ1) is 9.72. The molecule has 0 radical (unpaired) electrons. The Labute approximate surface area is 119 Å². The van der Waals surface area contributed by atoms with E-state index in [2.05, 4.69) is 26.1 Å². The first kappa shape index (κ1) is 14.7. The third-order valence-corrected chi connectivity index (χ3v) is 3.51. The van der Waals surface area contributed by atoms with Crippen LogP contribution in [0.25, 0.3) is 10.9 Å². The molecule has 0 amide bonds. The van der Waals surface area contributed by atoms with Gasteiger partial charge in [0.15, 0.2) is 0 Å².